The lowest BCUT2D eigenvalue weighted by Gasteiger charge is -2.21. The van der Waals surface area contributed by atoms with E-state index in [9.17, 15) is 9.18 Å². The highest BCUT2D eigenvalue weighted by Gasteiger charge is 2.29. The predicted octanol–water partition coefficient (Wildman–Crippen LogP) is 3.25. The summed E-state index contributed by atoms with van der Waals surface area (Å²) in [7, 11) is 1.47. The molecule has 0 aliphatic rings. The predicted molar refractivity (Wildman–Crippen MR) is 65.8 cm³/mol. The summed E-state index contributed by atoms with van der Waals surface area (Å²) in [5.74, 6) is -0.880. The van der Waals surface area contributed by atoms with Gasteiger partial charge in [-0.1, -0.05) is 0 Å². The van der Waals surface area contributed by atoms with Crippen LogP contribution in [0.3, 0.4) is 0 Å². The molecular weight excluding hydrogens is 291 g/mol. The highest BCUT2D eigenvalue weighted by atomic mass is 79.9. The van der Waals surface area contributed by atoms with Gasteiger partial charge in [-0.3, -0.25) is 4.79 Å². The Morgan fingerprint density at radius 2 is 2.12 bits per heavy atom. The lowest BCUT2D eigenvalue weighted by atomic mass is 9.85. The van der Waals surface area contributed by atoms with E-state index in [1.54, 1.807) is 13.8 Å². The molecule has 1 aromatic carbocycles. The van der Waals surface area contributed by atoms with Gasteiger partial charge in [0.15, 0.2) is 0 Å². The third kappa shape index (κ3) is 3.19. The van der Waals surface area contributed by atoms with E-state index in [-0.39, 0.29) is 6.42 Å². The van der Waals surface area contributed by atoms with E-state index in [0.29, 0.717) is 15.8 Å². The quantitative estimate of drug-likeness (QED) is 0.929. The number of aliphatic carboxylic acids is 1. The molecule has 1 rings (SSSR count). The van der Waals surface area contributed by atoms with Gasteiger partial charge in [-0.25, -0.2) is 4.39 Å². The van der Waals surface area contributed by atoms with Crippen LogP contribution >= 0.6 is 15.9 Å². The van der Waals surface area contributed by atoms with Gasteiger partial charge in [-0.05, 0) is 53.9 Å². The number of hydrogen-bond acceptors (Lipinski definition) is 2. The number of methoxy groups -OCH3 is 1. The molecule has 17 heavy (non-hydrogen) atoms. The van der Waals surface area contributed by atoms with Crippen LogP contribution in [-0.2, 0) is 11.2 Å². The van der Waals surface area contributed by atoms with E-state index < -0.39 is 17.2 Å². The van der Waals surface area contributed by atoms with Crippen LogP contribution in [0.15, 0.2) is 16.6 Å². The van der Waals surface area contributed by atoms with Crippen molar-refractivity contribution in [1.29, 1.82) is 0 Å². The molecule has 3 nitrogen and oxygen atoms in total. The molecule has 0 bridgehead atoms. The maximum atomic E-state index is 13.3. The minimum absolute atomic E-state index is 0.196. The fraction of sp³-hybridized carbons (Fsp3) is 0.417. The van der Waals surface area contributed by atoms with Crippen molar-refractivity contribution < 1.29 is 19.0 Å². The Morgan fingerprint density at radius 3 is 2.59 bits per heavy atom. The largest absolute Gasteiger partial charge is 0.495 e. The van der Waals surface area contributed by atoms with Crippen molar-refractivity contribution in [3.05, 3.63) is 28.0 Å². The smallest absolute Gasteiger partial charge is 0.309 e. The van der Waals surface area contributed by atoms with Crippen molar-refractivity contribution in [3.63, 3.8) is 0 Å². The van der Waals surface area contributed by atoms with Crippen molar-refractivity contribution in [1.82, 2.24) is 0 Å². The first-order valence-electron chi connectivity index (χ1n) is 5.03. The van der Waals surface area contributed by atoms with E-state index in [1.807, 2.05) is 0 Å². The minimum atomic E-state index is -0.972. The molecule has 0 saturated heterocycles. The molecule has 0 atom stereocenters. The fourth-order valence-corrected chi connectivity index (χ4v) is 2.16. The van der Waals surface area contributed by atoms with Gasteiger partial charge in [-0.15, -0.1) is 0 Å². The average molecular weight is 305 g/mol. The van der Waals surface area contributed by atoms with Gasteiger partial charge in [0, 0.05) is 0 Å². The molecule has 0 radical (unpaired) electrons. The maximum Gasteiger partial charge on any atom is 0.309 e. The van der Waals surface area contributed by atoms with Gasteiger partial charge in [-0.2, -0.15) is 0 Å². The summed E-state index contributed by atoms with van der Waals surface area (Å²) in [6, 6.07) is 2.59. The molecule has 94 valence electrons. The molecule has 0 aromatic heterocycles. The first-order valence-corrected chi connectivity index (χ1v) is 5.82. The first-order chi connectivity index (χ1) is 7.77. The molecule has 0 saturated carbocycles. The van der Waals surface area contributed by atoms with Crippen LogP contribution in [0, 0.1) is 11.2 Å². The van der Waals surface area contributed by atoms with E-state index in [0.717, 1.165) is 0 Å². The van der Waals surface area contributed by atoms with E-state index >= 15 is 0 Å². The number of carboxylic acids is 1. The molecule has 5 heteroatoms. The van der Waals surface area contributed by atoms with Crippen LogP contribution in [0.2, 0.25) is 0 Å². The highest BCUT2D eigenvalue weighted by molar-refractivity contribution is 9.10. The summed E-state index contributed by atoms with van der Waals surface area (Å²) in [6.07, 6.45) is 0.196. The normalized spacial score (nSPS) is 11.4. The monoisotopic (exact) mass is 304 g/mol. The number of rotatable bonds is 4. The summed E-state index contributed by atoms with van der Waals surface area (Å²) < 4.78 is 18.9. The SMILES string of the molecule is COc1c(Br)cc(F)cc1CC(C)(C)C(=O)O. The summed E-state index contributed by atoms with van der Waals surface area (Å²) in [5.41, 5.74) is -0.438. The molecular formula is C12H14BrFO3. The Balaban J connectivity index is 3.18. The van der Waals surface area contributed by atoms with Crippen molar-refractivity contribution in [2.75, 3.05) is 7.11 Å². The van der Waals surface area contributed by atoms with Crippen molar-refractivity contribution >= 4 is 21.9 Å². The fourth-order valence-electron chi connectivity index (χ4n) is 1.53. The van der Waals surface area contributed by atoms with Crippen LogP contribution in [0.5, 0.6) is 5.75 Å². The highest BCUT2D eigenvalue weighted by Crippen LogP contribution is 2.34. The van der Waals surface area contributed by atoms with Gasteiger partial charge in [0.2, 0.25) is 0 Å². The molecule has 0 spiro atoms. The average Bonchev–Trinajstić information content (AvgIpc) is 2.15. The van der Waals surface area contributed by atoms with Gasteiger partial charge in [0.1, 0.15) is 11.6 Å². The molecule has 0 unspecified atom stereocenters. The van der Waals surface area contributed by atoms with Crippen LogP contribution in [0.1, 0.15) is 19.4 Å². The van der Waals surface area contributed by atoms with Crippen molar-refractivity contribution in [3.8, 4) is 5.75 Å². The van der Waals surface area contributed by atoms with Gasteiger partial charge < -0.3 is 9.84 Å². The number of halogens is 2. The molecule has 0 amide bonds. The Morgan fingerprint density at radius 1 is 1.53 bits per heavy atom. The Hall–Kier alpha value is -1.10. The number of ether oxygens (including phenoxy) is 1. The summed E-state index contributed by atoms with van der Waals surface area (Å²) in [6.45, 7) is 3.18. The molecule has 0 heterocycles. The van der Waals surface area contributed by atoms with E-state index in [2.05, 4.69) is 15.9 Å². The number of benzene rings is 1. The van der Waals surface area contributed by atoms with Crippen LogP contribution in [0.4, 0.5) is 4.39 Å². The molecule has 0 aliphatic heterocycles. The number of hydrogen-bond donors (Lipinski definition) is 1. The standard InChI is InChI=1S/C12H14BrFO3/c1-12(2,11(15)16)6-7-4-8(14)5-9(13)10(7)17-3/h4-5H,6H2,1-3H3,(H,15,16). The zero-order valence-corrected chi connectivity index (χ0v) is 11.5. The Labute approximate surface area is 108 Å². The zero-order valence-electron chi connectivity index (χ0n) is 9.88. The summed E-state index contributed by atoms with van der Waals surface area (Å²) in [5, 5.41) is 9.06. The number of carbonyl (C=O) groups is 1. The second kappa shape index (κ2) is 5.04. The van der Waals surface area contributed by atoms with E-state index in [4.69, 9.17) is 9.84 Å². The summed E-state index contributed by atoms with van der Waals surface area (Å²) in [4.78, 5) is 11.0. The molecule has 0 fully saturated rings. The van der Waals surface area contributed by atoms with Crippen molar-refractivity contribution in [2.24, 2.45) is 5.41 Å². The zero-order chi connectivity index (χ0) is 13.2. The third-order valence-electron chi connectivity index (χ3n) is 2.50. The van der Waals surface area contributed by atoms with Crippen LogP contribution in [-0.4, -0.2) is 18.2 Å². The van der Waals surface area contributed by atoms with Crippen LogP contribution in [0.25, 0.3) is 0 Å². The Kier molecular flexibility index (Phi) is 4.14. The second-order valence-corrected chi connectivity index (χ2v) is 5.30. The second-order valence-electron chi connectivity index (χ2n) is 4.45. The van der Waals surface area contributed by atoms with Crippen LogP contribution < -0.4 is 4.74 Å². The van der Waals surface area contributed by atoms with E-state index in [1.165, 1.54) is 19.2 Å². The minimum Gasteiger partial charge on any atom is -0.495 e. The van der Waals surface area contributed by atoms with Gasteiger partial charge in [0.05, 0.1) is 17.0 Å². The molecule has 1 aromatic rings. The topological polar surface area (TPSA) is 46.5 Å². The first kappa shape index (κ1) is 14.0. The lowest BCUT2D eigenvalue weighted by Crippen LogP contribution is -2.26. The third-order valence-corrected chi connectivity index (χ3v) is 3.09. The number of carboxylic acid groups (broad SMARTS) is 1. The molecule has 0 aliphatic carbocycles. The molecule has 1 N–H and O–H groups in total. The maximum absolute atomic E-state index is 13.3. The Bertz CT molecular complexity index is 444. The lowest BCUT2D eigenvalue weighted by molar-refractivity contribution is -0.146. The summed E-state index contributed by atoms with van der Waals surface area (Å²) >= 11 is 3.19. The van der Waals surface area contributed by atoms with Gasteiger partial charge in [0.25, 0.3) is 0 Å². The van der Waals surface area contributed by atoms with Crippen molar-refractivity contribution in [2.45, 2.75) is 20.3 Å². The van der Waals surface area contributed by atoms with Gasteiger partial charge >= 0.3 is 5.97 Å².